The van der Waals surface area contributed by atoms with Crippen LogP contribution in [0.1, 0.15) is 31.0 Å². The van der Waals surface area contributed by atoms with E-state index >= 15 is 0 Å². The number of hydrogen-bond donors (Lipinski definition) is 1. The van der Waals surface area contributed by atoms with Crippen LogP contribution >= 0.6 is 15.9 Å². The molecule has 0 aliphatic carbocycles. The first-order valence-corrected chi connectivity index (χ1v) is 7.66. The largest absolute Gasteiger partial charge is 0.496 e. The minimum Gasteiger partial charge on any atom is -0.496 e. The predicted octanol–water partition coefficient (Wildman–Crippen LogP) is 4.29. The Morgan fingerprint density at radius 2 is 1.67 bits per heavy atom. The Morgan fingerprint density at radius 1 is 1.00 bits per heavy atom. The molecule has 21 heavy (non-hydrogen) atoms. The highest BCUT2D eigenvalue weighted by molar-refractivity contribution is 9.10. The molecule has 3 nitrogen and oxygen atoms in total. The first kappa shape index (κ1) is 15.9. The lowest BCUT2D eigenvalue weighted by atomic mass is 9.98. The third-order valence-electron chi connectivity index (χ3n) is 3.15. The fraction of sp³-hybridized carbons (Fsp3) is 0.294. The van der Waals surface area contributed by atoms with Crippen molar-refractivity contribution in [3.05, 3.63) is 58.1 Å². The number of halogens is 1. The van der Waals surface area contributed by atoms with E-state index in [2.05, 4.69) is 15.9 Å². The lowest BCUT2D eigenvalue weighted by molar-refractivity contribution is 0.239. The van der Waals surface area contributed by atoms with Crippen molar-refractivity contribution in [1.82, 2.24) is 0 Å². The third kappa shape index (κ3) is 3.77. The molecule has 0 aliphatic rings. The van der Waals surface area contributed by atoms with Crippen molar-refractivity contribution in [3.63, 3.8) is 0 Å². The summed E-state index contributed by atoms with van der Waals surface area (Å²) in [6, 6.07) is 13.4. The maximum absolute atomic E-state index is 6.44. The summed E-state index contributed by atoms with van der Waals surface area (Å²) in [7, 11) is 1.65. The summed E-state index contributed by atoms with van der Waals surface area (Å²) >= 11 is 3.44. The summed E-state index contributed by atoms with van der Waals surface area (Å²) in [5.41, 5.74) is 8.33. The first-order valence-electron chi connectivity index (χ1n) is 6.87. The van der Waals surface area contributed by atoms with Gasteiger partial charge in [0.2, 0.25) is 0 Å². The maximum atomic E-state index is 6.44. The Bertz CT molecular complexity index is 613. The number of benzene rings is 2. The van der Waals surface area contributed by atoms with E-state index in [0.29, 0.717) is 0 Å². The molecule has 0 saturated carbocycles. The molecule has 2 aromatic rings. The van der Waals surface area contributed by atoms with Gasteiger partial charge in [-0.1, -0.05) is 40.2 Å². The normalized spacial score (nSPS) is 12.3. The van der Waals surface area contributed by atoms with Crippen LogP contribution in [0.5, 0.6) is 11.5 Å². The molecule has 112 valence electrons. The van der Waals surface area contributed by atoms with Crippen molar-refractivity contribution in [2.24, 2.45) is 5.73 Å². The van der Waals surface area contributed by atoms with E-state index in [0.717, 1.165) is 27.1 Å². The molecule has 0 aromatic heterocycles. The molecular weight excluding hydrogens is 330 g/mol. The molecule has 0 saturated heterocycles. The standard InChI is InChI=1S/C17H20BrNO2/c1-11(2)21-15-7-5-4-6-13(15)17(19)14-9-8-12(18)10-16(14)20-3/h4-11,17H,19H2,1-3H3. The molecule has 1 unspecified atom stereocenters. The molecule has 0 aliphatic heterocycles. The van der Waals surface area contributed by atoms with Crippen molar-refractivity contribution in [1.29, 1.82) is 0 Å². The molecule has 0 bridgehead atoms. The van der Waals surface area contributed by atoms with Gasteiger partial charge in [0.05, 0.1) is 19.3 Å². The Hall–Kier alpha value is -1.52. The molecule has 1 atom stereocenters. The fourth-order valence-corrected chi connectivity index (χ4v) is 2.55. The van der Waals surface area contributed by atoms with E-state index in [1.54, 1.807) is 7.11 Å². The van der Waals surface area contributed by atoms with Gasteiger partial charge in [-0.2, -0.15) is 0 Å². The molecular formula is C17H20BrNO2. The number of hydrogen-bond acceptors (Lipinski definition) is 3. The third-order valence-corrected chi connectivity index (χ3v) is 3.64. The second kappa shape index (κ2) is 6.96. The van der Waals surface area contributed by atoms with Gasteiger partial charge >= 0.3 is 0 Å². The molecule has 0 radical (unpaired) electrons. The zero-order valence-corrected chi connectivity index (χ0v) is 14.1. The number of para-hydroxylation sites is 1. The van der Waals surface area contributed by atoms with Gasteiger partial charge in [-0.05, 0) is 32.0 Å². The van der Waals surface area contributed by atoms with Gasteiger partial charge in [0.1, 0.15) is 11.5 Å². The van der Waals surface area contributed by atoms with Gasteiger partial charge in [0.15, 0.2) is 0 Å². The Kier molecular flexibility index (Phi) is 5.26. The summed E-state index contributed by atoms with van der Waals surface area (Å²) in [5.74, 6) is 1.57. The highest BCUT2D eigenvalue weighted by atomic mass is 79.9. The summed E-state index contributed by atoms with van der Waals surface area (Å²) in [6.07, 6.45) is 0.102. The van der Waals surface area contributed by atoms with Crippen LogP contribution in [-0.2, 0) is 0 Å². The summed E-state index contributed by atoms with van der Waals surface area (Å²) in [6.45, 7) is 4.00. The van der Waals surface area contributed by atoms with Crippen molar-refractivity contribution < 1.29 is 9.47 Å². The Balaban J connectivity index is 2.42. The van der Waals surface area contributed by atoms with E-state index < -0.39 is 0 Å². The second-order valence-corrected chi connectivity index (χ2v) is 5.98. The fourth-order valence-electron chi connectivity index (χ4n) is 2.21. The highest BCUT2D eigenvalue weighted by Gasteiger charge is 2.18. The van der Waals surface area contributed by atoms with Crippen LogP contribution in [0.2, 0.25) is 0 Å². The Morgan fingerprint density at radius 3 is 2.33 bits per heavy atom. The molecule has 0 heterocycles. The molecule has 2 aromatic carbocycles. The second-order valence-electron chi connectivity index (χ2n) is 5.07. The summed E-state index contributed by atoms with van der Waals surface area (Å²) in [5, 5.41) is 0. The van der Waals surface area contributed by atoms with Gasteiger partial charge in [-0.15, -0.1) is 0 Å². The molecule has 2 rings (SSSR count). The van der Waals surface area contributed by atoms with Crippen molar-refractivity contribution in [2.45, 2.75) is 26.0 Å². The van der Waals surface area contributed by atoms with Gasteiger partial charge in [-0.25, -0.2) is 0 Å². The first-order chi connectivity index (χ1) is 10.0. The highest BCUT2D eigenvalue weighted by Crippen LogP contribution is 2.34. The van der Waals surface area contributed by atoms with Crippen LogP contribution in [0.15, 0.2) is 46.9 Å². The van der Waals surface area contributed by atoms with Crippen LogP contribution in [-0.4, -0.2) is 13.2 Å². The van der Waals surface area contributed by atoms with Gasteiger partial charge in [-0.3, -0.25) is 0 Å². The predicted molar refractivity (Wildman–Crippen MR) is 88.9 cm³/mol. The monoisotopic (exact) mass is 349 g/mol. The van der Waals surface area contributed by atoms with Crippen LogP contribution in [0, 0.1) is 0 Å². The minimum atomic E-state index is -0.303. The van der Waals surface area contributed by atoms with Crippen LogP contribution in [0.3, 0.4) is 0 Å². The molecule has 4 heteroatoms. The topological polar surface area (TPSA) is 44.5 Å². The van der Waals surface area contributed by atoms with Gasteiger partial charge in [0.25, 0.3) is 0 Å². The average Bonchev–Trinajstić information content (AvgIpc) is 2.46. The minimum absolute atomic E-state index is 0.102. The molecule has 0 spiro atoms. The maximum Gasteiger partial charge on any atom is 0.125 e. The number of methoxy groups -OCH3 is 1. The Labute approximate surface area is 134 Å². The number of ether oxygens (including phenoxy) is 2. The number of nitrogens with two attached hydrogens (primary N) is 1. The van der Waals surface area contributed by atoms with E-state index in [9.17, 15) is 0 Å². The van der Waals surface area contributed by atoms with E-state index in [-0.39, 0.29) is 12.1 Å². The van der Waals surface area contributed by atoms with Crippen LogP contribution in [0.25, 0.3) is 0 Å². The quantitative estimate of drug-likeness (QED) is 0.875. The van der Waals surface area contributed by atoms with Gasteiger partial charge in [0, 0.05) is 15.6 Å². The zero-order valence-electron chi connectivity index (χ0n) is 12.5. The molecule has 2 N–H and O–H groups in total. The molecule has 0 amide bonds. The van der Waals surface area contributed by atoms with E-state index in [1.165, 1.54) is 0 Å². The van der Waals surface area contributed by atoms with Crippen LogP contribution in [0.4, 0.5) is 0 Å². The summed E-state index contributed by atoms with van der Waals surface area (Å²) in [4.78, 5) is 0. The molecule has 0 fully saturated rings. The SMILES string of the molecule is COc1cc(Br)ccc1C(N)c1ccccc1OC(C)C. The zero-order chi connectivity index (χ0) is 15.4. The van der Waals surface area contributed by atoms with E-state index in [1.807, 2.05) is 56.3 Å². The average molecular weight is 350 g/mol. The van der Waals surface area contributed by atoms with Crippen LogP contribution < -0.4 is 15.2 Å². The van der Waals surface area contributed by atoms with Crippen molar-refractivity contribution >= 4 is 15.9 Å². The van der Waals surface area contributed by atoms with E-state index in [4.69, 9.17) is 15.2 Å². The lowest BCUT2D eigenvalue weighted by Crippen LogP contribution is -2.16. The smallest absolute Gasteiger partial charge is 0.125 e. The summed E-state index contributed by atoms with van der Waals surface area (Å²) < 4.78 is 12.3. The lowest BCUT2D eigenvalue weighted by Gasteiger charge is -2.20. The number of rotatable bonds is 5. The van der Waals surface area contributed by atoms with Crippen molar-refractivity contribution in [3.8, 4) is 11.5 Å². The van der Waals surface area contributed by atoms with Crippen molar-refractivity contribution in [2.75, 3.05) is 7.11 Å². The van der Waals surface area contributed by atoms with Gasteiger partial charge < -0.3 is 15.2 Å².